The second-order valence-electron chi connectivity index (χ2n) is 3.36. The van der Waals surface area contributed by atoms with Crippen molar-refractivity contribution >= 4 is 23.2 Å². The second kappa shape index (κ2) is 4.44. The number of carboxylic acids is 1. The Kier molecular flexibility index (Phi) is 3.47. The normalized spacial score (nSPS) is 12.2. The first kappa shape index (κ1) is 11.7. The third-order valence-electron chi connectivity index (χ3n) is 2.00. The number of carbonyl (C=O) groups excluding carboxylic acids is 1. The molecule has 1 aromatic heterocycles. The van der Waals surface area contributed by atoms with Gasteiger partial charge in [-0.25, -0.2) is 0 Å². The van der Waals surface area contributed by atoms with Crippen LogP contribution in [0.2, 0.25) is 0 Å². The molecule has 0 aromatic carbocycles. The first-order valence-corrected chi connectivity index (χ1v) is 5.34. The lowest BCUT2D eigenvalue weighted by Crippen LogP contribution is -2.38. The molecule has 0 saturated heterocycles. The van der Waals surface area contributed by atoms with Crippen LogP contribution in [0.1, 0.15) is 27.0 Å². The Balaban J connectivity index is 2.77. The Labute approximate surface area is 91.9 Å². The average molecular weight is 227 g/mol. The van der Waals surface area contributed by atoms with E-state index in [-0.39, 0.29) is 5.91 Å². The Morgan fingerprint density at radius 2 is 2.07 bits per heavy atom. The molecule has 0 bridgehead atoms. The van der Waals surface area contributed by atoms with Gasteiger partial charge in [-0.1, -0.05) is 0 Å². The third-order valence-corrected chi connectivity index (χ3v) is 2.97. The molecular formula is C10H13NO3S. The predicted octanol–water partition coefficient (Wildman–Crippen LogP) is 1.57. The summed E-state index contributed by atoms with van der Waals surface area (Å²) in [7, 11) is 0. The second-order valence-corrected chi connectivity index (χ2v) is 4.82. The number of nitrogens with one attached hydrogen (secondary N) is 1. The van der Waals surface area contributed by atoms with E-state index in [0.29, 0.717) is 5.56 Å². The summed E-state index contributed by atoms with van der Waals surface area (Å²) in [5, 5.41) is 11.1. The first-order valence-electron chi connectivity index (χ1n) is 4.52. The van der Waals surface area contributed by atoms with Gasteiger partial charge in [-0.05, 0) is 26.8 Å². The first-order chi connectivity index (χ1) is 6.91. The fourth-order valence-corrected chi connectivity index (χ4v) is 2.11. The number of aryl methyl sites for hydroxylation is 2. The molecule has 1 heterocycles. The fraction of sp³-hybridized carbons (Fsp3) is 0.400. The van der Waals surface area contributed by atoms with Crippen LogP contribution < -0.4 is 5.32 Å². The van der Waals surface area contributed by atoms with Crippen molar-refractivity contribution in [3.63, 3.8) is 0 Å². The molecule has 0 aliphatic rings. The Morgan fingerprint density at radius 3 is 2.47 bits per heavy atom. The van der Waals surface area contributed by atoms with Gasteiger partial charge in [-0.3, -0.25) is 9.59 Å². The zero-order valence-corrected chi connectivity index (χ0v) is 9.64. The van der Waals surface area contributed by atoms with E-state index >= 15 is 0 Å². The van der Waals surface area contributed by atoms with E-state index < -0.39 is 12.0 Å². The molecule has 0 aliphatic heterocycles. The molecule has 82 valence electrons. The van der Waals surface area contributed by atoms with Gasteiger partial charge in [-0.15, -0.1) is 11.3 Å². The van der Waals surface area contributed by atoms with Crippen molar-refractivity contribution in [2.45, 2.75) is 26.8 Å². The van der Waals surface area contributed by atoms with Gasteiger partial charge in [0.2, 0.25) is 0 Å². The fourth-order valence-electron chi connectivity index (χ4n) is 1.19. The molecule has 0 aliphatic carbocycles. The molecule has 0 fully saturated rings. The summed E-state index contributed by atoms with van der Waals surface area (Å²) in [6.45, 7) is 5.20. The summed E-state index contributed by atoms with van der Waals surface area (Å²) in [5.41, 5.74) is 0.561. The van der Waals surface area contributed by atoms with Crippen LogP contribution in [-0.2, 0) is 4.79 Å². The minimum absolute atomic E-state index is 0.327. The highest BCUT2D eigenvalue weighted by Crippen LogP contribution is 2.20. The van der Waals surface area contributed by atoms with Crippen molar-refractivity contribution in [2.75, 3.05) is 0 Å². The lowest BCUT2D eigenvalue weighted by atomic mass is 10.2. The molecule has 5 heteroatoms. The van der Waals surface area contributed by atoms with Gasteiger partial charge in [0.1, 0.15) is 6.04 Å². The average Bonchev–Trinajstić information content (AvgIpc) is 2.44. The van der Waals surface area contributed by atoms with Gasteiger partial charge in [0.25, 0.3) is 5.91 Å². The van der Waals surface area contributed by atoms with Gasteiger partial charge >= 0.3 is 5.97 Å². The number of aliphatic carboxylic acids is 1. The van der Waals surface area contributed by atoms with E-state index in [0.717, 1.165) is 9.75 Å². The quantitative estimate of drug-likeness (QED) is 0.823. The maximum atomic E-state index is 11.6. The van der Waals surface area contributed by atoms with Gasteiger partial charge in [0, 0.05) is 9.75 Å². The maximum absolute atomic E-state index is 11.6. The number of hydrogen-bond donors (Lipinski definition) is 2. The molecule has 2 N–H and O–H groups in total. The Morgan fingerprint density at radius 1 is 1.47 bits per heavy atom. The molecule has 1 rings (SSSR count). The van der Waals surface area contributed by atoms with Crippen molar-refractivity contribution in [3.05, 3.63) is 21.4 Å². The minimum Gasteiger partial charge on any atom is -0.480 e. The predicted molar refractivity (Wildman–Crippen MR) is 58.4 cm³/mol. The molecular weight excluding hydrogens is 214 g/mol. The van der Waals surface area contributed by atoms with Crippen LogP contribution in [0.3, 0.4) is 0 Å². The smallest absolute Gasteiger partial charge is 0.325 e. The van der Waals surface area contributed by atoms with E-state index in [9.17, 15) is 9.59 Å². The largest absolute Gasteiger partial charge is 0.480 e. The topological polar surface area (TPSA) is 66.4 Å². The van der Waals surface area contributed by atoms with Crippen molar-refractivity contribution in [2.24, 2.45) is 0 Å². The number of amides is 1. The van der Waals surface area contributed by atoms with E-state index in [2.05, 4.69) is 5.32 Å². The summed E-state index contributed by atoms with van der Waals surface area (Å²) in [4.78, 5) is 24.1. The molecule has 0 spiro atoms. The van der Waals surface area contributed by atoms with Crippen LogP contribution in [0.5, 0.6) is 0 Å². The number of carboxylic acid groups (broad SMARTS) is 1. The van der Waals surface area contributed by atoms with Crippen LogP contribution in [-0.4, -0.2) is 23.0 Å². The van der Waals surface area contributed by atoms with Crippen molar-refractivity contribution in [1.29, 1.82) is 0 Å². The molecule has 4 nitrogen and oxygen atoms in total. The highest BCUT2D eigenvalue weighted by molar-refractivity contribution is 7.12. The zero-order valence-electron chi connectivity index (χ0n) is 8.83. The minimum atomic E-state index is -1.03. The van der Waals surface area contributed by atoms with E-state index in [1.807, 2.05) is 13.8 Å². The standard InChI is InChI=1S/C10H13NO3S/c1-5-4-8(7(3)15-5)9(12)11-6(2)10(13)14/h4,6H,1-3H3,(H,11,12)(H,13,14)/t6-/m1/s1. The van der Waals surface area contributed by atoms with Crippen molar-refractivity contribution < 1.29 is 14.7 Å². The highest BCUT2D eigenvalue weighted by atomic mass is 32.1. The van der Waals surface area contributed by atoms with Crippen LogP contribution in [0.15, 0.2) is 6.07 Å². The maximum Gasteiger partial charge on any atom is 0.325 e. The lowest BCUT2D eigenvalue weighted by molar-refractivity contribution is -0.138. The Hall–Kier alpha value is -1.36. The molecule has 15 heavy (non-hydrogen) atoms. The highest BCUT2D eigenvalue weighted by Gasteiger charge is 2.17. The number of carbonyl (C=O) groups is 2. The summed E-state index contributed by atoms with van der Waals surface area (Å²) >= 11 is 1.52. The zero-order chi connectivity index (χ0) is 11.6. The number of hydrogen-bond acceptors (Lipinski definition) is 3. The van der Waals surface area contributed by atoms with Gasteiger partial charge < -0.3 is 10.4 Å². The molecule has 0 saturated carbocycles. The van der Waals surface area contributed by atoms with Gasteiger partial charge in [-0.2, -0.15) is 0 Å². The van der Waals surface area contributed by atoms with E-state index in [4.69, 9.17) is 5.11 Å². The Bertz CT molecular complexity index is 397. The molecule has 1 aromatic rings. The molecule has 1 amide bonds. The van der Waals surface area contributed by atoms with Crippen LogP contribution >= 0.6 is 11.3 Å². The number of rotatable bonds is 3. The third kappa shape index (κ3) is 2.79. The molecule has 0 radical (unpaired) electrons. The summed E-state index contributed by atoms with van der Waals surface area (Å²) < 4.78 is 0. The van der Waals surface area contributed by atoms with Crippen LogP contribution in [0.4, 0.5) is 0 Å². The summed E-state index contributed by atoms with van der Waals surface area (Å²) in [6, 6.07) is 0.904. The van der Waals surface area contributed by atoms with Crippen LogP contribution in [0, 0.1) is 13.8 Å². The molecule has 0 unspecified atom stereocenters. The lowest BCUT2D eigenvalue weighted by Gasteiger charge is -2.08. The van der Waals surface area contributed by atoms with Crippen molar-refractivity contribution in [1.82, 2.24) is 5.32 Å². The van der Waals surface area contributed by atoms with Crippen LogP contribution in [0.25, 0.3) is 0 Å². The monoisotopic (exact) mass is 227 g/mol. The SMILES string of the molecule is Cc1cc(C(=O)N[C@H](C)C(=O)O)c(C)s1. The van der Waals surface area contributed by atoms with Crippen molar-refractivity contribution in [3.8, 4) is 0 Å². The number of thiophene rings is 1. The van der Waals surface area contributed by atoms with Gasteiger partial charge in [0.15, 0.2) is 0 Å². The molecule has 1 atom stereocenters. The van der Waals surface area contributed by atoms with E-state index in [1.165, 1.54) is 18.3 Å². The van der Waals surface area contributed by atoms with Gasteiger partial charge in [0.05, 0.1) is 5.56 Å². The summed E-state index contributed by atoms with van der Waals surface area (Å²) in [5.74, 6) is -1.36. The van der Waals surface area contributed by atoms with E-state index in [1.54, 1.807) is 6.07 Å². The summed E-state index contributed by atoms with van der Waals surface area (Å²) in [6.07, 6.45) is 0.